The van der Waals surface area contributed by atoms with E-state index in [4.69, 9.17) is 11.6 Å². The van der Waals surface area contributed by atoms with Crippen molar-refractivity contribution in [1.82, 2.24) is 0 Å². The maximum Gasteiger partial charge on any atom is 0.0410 e. The fraction of sp³-hybridized carbons (Fsp3) is 0.400. The van der Waals surface area contributed by atoms with Crippen molar-refractivity contribution < 1.29 is 0 Å². The Morgan fingerprint density at radius 2 is 2.17 bits per heavy atom. The minimum Gasteiger partial charge on any atom is -0.382 e. The highest BCUT2D eigenvalue weighted by molar-refractivity contribution is 6.30. The molecule has 0 saturated heterocycles. The van der Waals surface area contributed by atoms with Crippen molar-refractivity contribution in [3.63, 3.8) is 0 Å². The Balaban J connectivity index is 2.18. The molecule has 0 aliphatic heterocycles. The maximum atomic E-state index is 5.84. The van der Waals surface area contributed by atoms with Crippen LogP contribution in [-0.4, -0.2) is 6.04 Å². The second-order valence-corrected chi connectivity index (χ2v) is 3.81. The molecule has 1 aromatic rings. The van der Waals surface area contributed by atoms with Crippen LogP contribution < -0.4 is 5.32 Å². The van der Waals surface area contributed by atoms with Gasteiger partial charge in [0.2, 0.25) is 0 Å². The molecule has 1 nitrogen and oxygen atoms in total. The van der Waals surface area contributed by atoms with E-state index in [1.807, 2.05) is 12.1 Å². The maximum absolute atomic E-state index is 5.84. The van der Waals surface area contributed by atoms with E-state index in [-0.39, 0.29) is 0 Å². The lowest BCUT2D eigenvalue weighted by atomic mass is 10.2. The van der Waals surface area contributed by atoms with Crippen LogP contribution in [0.1, 0.15) is 18.4 Å². The summed E-state index contributed by atoms with van der Waals surface area (Å²) in [5.41, 5.74) is 2.45. The van der Waals surface area contributed by atoms with Gasteiger partial charge in [-0.1, -0.05) is 11.6 Å². The van der Waals surface area contributed by atoms with Crippen LogP contribution in [0, 0.1) is 6.92 Å². The van der Waals surface area contributed by atoms with Crippen LogP contribution >= 0.6 is 11.6 Å². The zero-order valence-electron chi connectivity index (χ0n) is 7.10. The zero-order valence-corrected chi connectivity index (χ0v) is 7.86. The fourth-order valence-electron chi connectivity index (χ4n) is 1.24. The summed E-state index contributed by atoms with van der Waals surface area (Å²) in [4.78, 5) is 0. The molecule has 1 saturated carbocycles. The topological polar surface area (TPSA) is 12.0 Å². The largest absolute Gasteiger partial charge is 0.382 e. The monoisotopic (exact) mass is 181 g/mol. The first-order chi connectivity index (χ1) is 5.75. The molecular weight excluding hydrogens is 170 g/mol. The summed E-state index contributed by atoms with van der Waals surface area (Å²) in [6.45, 7) is 2.08. The molecule has 0 heterocycles. The first-order valence-corrected chi connectivity index (χ1v) is 4.66. The van der Waals surface area contributed by atoms with E-state index in [9.17, 15) is 0 Å². The normalized spacial score (nSPS) is 16.2. The first-order valence-electron chi connectivity index (χ1n) is 4.28. The molecule has 1 aliphatic carbocycles. The summed E-state index contributed by atoms with van der Waals surface area (Å²) in [6, 6.07) is 6.69. The van der Waals surface area contributed by atoms with Gasteiger partial charge in [-0.3, -0.25) is 0 Å². The Morgan fingerprint density at radius 3 is 2.75 bits per heavy atom. The number of hydrogen-bond acceptors (Lipinski definition) is 1. The van der Waals surface area contributed by atoms with Crippen molar-refractivity contribution in [1.29, 1.82) is 0 Å². The number of rotatable bonds is 2. The summed E-state index contributed by atoms with van der Waals surface area (Å²) in [5.74, 6) is 0. The van der Waals surface area contributed by atoms with Crippen LogP contribution in [0.15, 0.2) is 18.2 Å². The van der Waals surface area contributed by atoms with Crippen molar-refractivity contribution in [2.45, 2.75) is 25.8 Å². The Labute approximate surface area is 77.7 Å². The van der Waals surface area contributed by atoms with Gasteiger partial charge in [0.1, 0.15) is 0 Å². The molecule has 1 aromatic carbocycles. The van der Waals surface area contributed by atoms with E-state index in [0.29, 0.717) is 6.04 Å². The molecule has 0 spiro atoms. The minimum absolute atomic E-state index is 0.713. The molecule has 0 radical (unpaired) electrons. The average Bonchev–Trinajstić information content (AvgIpc) is 2.79. The van der Waals surface area contributed by atoms with E-state index < -0.39 is 0 Å². The zero-order chi connectivity index (χ0) is 8.55. The van der Waals surface area contributed by atoms with Gasteiger partial charge in [-0.2, -0.15) is 0 Å². The van der Waals surface area contributed by atoms with Crippen LogP contribution in [0.3, 0.4) is 0 Å². The number of anilines is 1. The highest BCUT2D eigenvalue weighted by Crippen LogP contribution is 2.27. The van der Waals surface area contributed by atoms with Crippen LogP contribution in [0.25, 0.3) is 0 Å². The van der Waals surface area contributed by atoms with Crippen LogP contribution in [0.4, 0.5) is 5.69 Å². The lowest BCUT2D eigenvalue weighted by Crippen LogP contribution is -2.01. The Morgan fingerprint density at radius 1 is 1.42 bits per heavy atom. The van der Waals surface area contributed by atoms with Gasteiger partial charge in [-0.25, -0.2) is 0 Å². The molecule has 0 amide bonds. The third-order valence-corrected chi connectivity index (χ3v) is 2.36. The summed E-state index contributed by atoms with van der Waals surface area (Å²) < 4.78 is 0. The van der Waals surface area contributed by atoms with Gasteiger partial charge in [-0.05, 0) is 43.5 Å². The predicted octanol–water partition coefficient (Wildman–Crippen LogP) is 3.22. The van der Waals surface area contributed by atoms with Gasteiger partial charge in [0, 0.05) is 16.8 Å². The SMILES string of the molecule is Cc1cc(Cl)ccc1NC1CC1. The van der Waals surface area contributed by atoms with Gasteiger partial charge in [0.25, 0.3) is 0 Å². The van der Waals surface area contributed by atoms with Crippen molar-refractivity contribution in [2.75, 3.05) is 5.32 Å². The molecular formula is C10H12ClN. The number of benzene rings is 1. The standard InChI is InChI=1S/C10H12ClN/c1-7-6-8(11)2-5-10(7)12-9-3-4-9/h2,5-6,9,12H,3-4H2,1H3. The second-order valence-electron chi connectivity index (χ2n) is 3.38. The van der Waals surface area contributed by atoms with Gasteiger partial charge < -0.3 is 5.32 Å². The molecule has 1 aliphatic rings. The van der Waals surface area contributed by atoms with Crippen molar-refractivity contribution in [2.24, 2.45) is 0 Å². The van der Waals surface area contributed by atoms with E-state index in [1.165, 1.54) is 24.1 Å². The molecule has 1 fully saturated rings. The lowest BCUT2D eigenvalue weighted by molar-refractivity contribution is 1.15. The minimum atomic E-state index is 0.713. The number of hydrogen-bond donors (Lipinski definition) is 1. The molecule has 0 unspecified atom stereocenters. The summed E-state index contributed by atoms with van der Waals surface area (Å²) in [7, 11) is 0. The highest BCUT2D eigenvalue weighted by Gasteiger charge is 2.21. The highest BCUT2D eigenvalue weighted by atomic mass is 35.5. The average molecular weight is 182 g/mol. The third-order valence-electron chi connectivity index (χ3n) is 2.13. The molecule has 2 rings (SSSR count). The van der Waals surface area contributed by atoms with Crippen molar-refractivity contribution in [3.05, 3.63) is 28.8 Å². The predicted molar refractivity (Wildman–Crippen MR) is 52.8 cm³/mol. The first kappa shape index (κ1) is 7.93. The van der Waals surface area contributed by atoms with Crippen LogP contribution in [-0.2, 0) is 0 Å². The van der Waals surface area contributed by atoms with E-state index in [1.54, 1.807) is 0 Å². The Bertz CT molecular complexity index is 292. The second kappa shape index (κ2) is 2.98. The van der Waals surface area contributed by atoms with Gasteiger partial charge in [0.05, 0.1) is 0 Å². The molecule has 12 heavy (non-hydrogen) atoms. The lowest BCUT2D eigenvalue weighted by Gasteiger charge is -2.07. The number of aryl methyl sites for hydroxylation is 1. The van der Waals surface area contributed by atoms with Crippen LogP contribution in [0.5, 0.6) is 0 Å². The number of nitrogens with one attached hydrogen (secondary N) is 1. The molecule has 2 heteroatoms. The molecule has 0 bridgehead atoms. The quantitative estimate of drug-likeness (QED) is 0.739. The molecule has 0 aromatic heterocycles. The van der Waals surface area contributed by atoms with Crippen molar-refractivity contribution >= 4 is 17.3 Å². The Kier molecular flexibility index (Phi) is 1.97. The summed E-state index contributed by atoms with van der Waals surface area (Å²) in [6.07, 6.45) is 2.62. The molecule has 1 N–H and O–H groups in total. The van der Waals surface area contributed by atoms with E-state index in [2.05, 4.69) is 18.3 Å². The van der Waals surface area contributed by atoms with E-state index in [0.717, 1.165) is 5.02 Å². The Hall–Kier alpha value is -0.690. The van der Waals surface area contributed by atoms with Gasteiger partial charge in [0.15, 0.2) is 0 Å². The molecule has 64 valence electrons. The van der Waals surface area contributed by atoms with Crippen molar-refractivity contribution in [3.8, 4) is 0 Å². The summed E-state index contributed by atoms with van der Waals surface area (Å²) in [5, 5.41) is 4.27. The number of halogens is 1. The summed E-state index contributed by atoms with van der Waals surface area (Å²) >= 11 is 5.84. The van der Waals surface area contributed by atoms with E-state index >= 15 is 0 Å². The smallest absolute Gasteiger partial charge is 0.0410 e. The van der Waals surface area contributed by atoms with Gasteiger partial charge in [-0.15, -0.1) is 0 Å². The van der Waals surface area contributed by atoms with Gasteiger partial charge >= 0.3 is 0 Å². The third kappa shape index (κ3) is 1.72. The fourth-order valence-corrected chi connectivity index (χ4v) is 1.46. The van der Waals surface area contributed by atoms with Crippen LogP contribution in [0.2, 0.25) is 5.02 Å². The molecule has 0 atom stereocenters.